The van der Waals surface area contributed by atoms with Crippen molar-refractivity contribution in [1.29, 1.82) is 0 Å². The summed E-state index contributed by atoms with van der Waals surface area (Å²) in [6, 6.07) is 24.8. The van der Waals surface area contributed by atoms with Gasteiger partial charge in [-0.1, -0.05) is 35.9 Å². The van der Waals surface area contributed by atoms with Gasteiger partial charge in [0, 0.05) is 22.6 Å². The highest BCUT2D eigenvalue weighted by Gasteiger charge is 2.16. The number of amides is 1. The number of thiophene rings is 1. The number of para-hydroxylation sites is 1. The molecular formula is C28H25N5O2S. The van der Waals surface area contributed by atoms with Crippen LogP contribution in [-0.4, -0.2) is 25.5 Å². The number of hydrogen-bond donors (Lipinski definition) is 1. The van der Waals surface area contributed by atoms with Crippen molar-refractivity contribution in [2.24, 2.45) is 0 Å². The van der Waals surface area contributed by atoms with Crippen LogP contribution in [0.1, 0.15) is 16.0 Å². The van der Waals surface area contributed by atoms with E-state index in [0.717, 1.165) is 37.8 Å². The molecule has 0 radical (unpaired) electrons. The summed E-state index contributed by atoms with van der Waals surface area (Å²) in [5.74, 6) is 0.147. The zero-order valence-electron chi connectivity index (χ0n) is 20.2. The SMILES string of the molecule is Cc1ccc(C)c(-c2cc(NC(=O)Cn3nc(-c4ccc(C)s4)ccc3=O)n(-c3ccccc3)n2)c1. The van der Waals surface area contributed by atoms with Crippen LogP contribution in [0.15, 0.2) is 83.7 Å². The molecule has 3 heterocycles. The van der Waals surface area contributed by atoms with Crippen molar-refractivity contribution in [3.63, 3.8) is 0 Å². The largest absolute Gasteiger partial charge is 0.309 e. The van der Waals surface area contributed by atoms with Crippen molar-refractivity contribution >= 4 is 23.1 Å². The summed E-state index contributed by atoms with van der Waals surface area (Å²) in [7, 11) is 0. The molecule has 36 heavy (non-hydrogen) atoms. The number of rotatable bonds is 6. The minimum atomic E-state index is -0.367. The fraction of sp³-hybridized carbons (Fsp3) is 0.143. The lowest BCUT2D eigenvalue weighted by molar-refractivity contribution is -0.117. The van der Waals surface area contributed by atoms with Crippen LogP contribution in [0, 0.1) is 20.8 Å². The standard InChI is InChI=1S/C28H25N5O2S/c1-18-9-10-19(2)22(15-18)24-16-26(33(31-24)21-7-5-4-6-8-21)29-27(34)17-32-28(35)14-12-23(30-32)25-13-11-20(3)36-25/h4-16H,17H2,1-3H3,(H,29,34). The van der Waals surface area contributed by atoms with E-state index >= 15 is 0 Å². The topological polar surface area (TPSA) is 81.8 Å². The molecule has 2 aromatic carbocycles. The van der Waals surface area contributed by atoms with Crippen molar-refractivity contribution in [3.8, 4) is 27.5 Å². The molecule has 7 nitrogen and oxygen atoms in total. The third-order valence-electron chi connectivity index (χ3n) is 5.80. The van der Waals surface area contributed by atoms with E-state index in [1.807, 2.05) is 69.3 Å². The molecule has 0 bridgehead atoms. The number of anilines is 1. The van der Waals surface area contributed by atoms with Crippen LogP contribution >= 0.6 is 11.3 Å². The summed E-state index contributed by atoms with van der Waals surface area (Å²) in [4.78, 5) is 27.6. The summed E-state index contributed by atoms with van der Waals surface area (Å²) < 4.78 is 2.89. The molecule has 0 aliphatic carbocycles. The van der Waals surface area contributed by atoms with Gasteiger partial charge in [0.1, 0.15) is 18.1 Å². The Morgan fingerprint density at radius 3 is 2.44 bits per heavy atom. The number of carbonyl (C=O) groups excluding carboxylic acids is 1. The van der Waals surface area contributed by atoms with E-state index in [4.69, 9.17) is 5.10 Å². The number of aryl methyl sites for hydroxylation is 3. The summed E-state index contributed by atoms with van der Waals surface area (Å²) >= 11 is 1.59. The maximum absolute atomic E-state index is 13.1. The van der Waals surface area contributed by atoms with Crippen molar-refractivity contribution in [2.75, 3.05) is 5.32 Å². The van der Waals surface area contributed by atoms with Crippen LogP contribution in [0.5, 0.6) is 0 Å². The molecule has 0 aliphatic heterocycles. The predicted molar refractivity (Wildman–Crippen MR) is 144 cm³/mol. The van der Waals surface area contributed by atoms with E-state index in [9.17, 15) is 9.59 Å². The zero-order valence-corrected chi connectivity index (χ0v) is 21.0. The highest BCUT2D eigenvalue weighted by atomic mass is 32.1. The summed E-state index contributed by atoms with van der Waals surface area (Å²) in [5.41, 5.74) is 5.10. The second kappa shape index (κ2) is 9.75. The van der Waals surface area contributed by atoms with E-state index in [1.165, 1.54) is 10.7 Å². The Morgan fingerprint density at radius 1 is 0.889 bits per heavy atom. The van der Waals surface area contributed by atoms with E-state index in [0.29, 0.717) is 11.5 Å². The minimum absolute atomic E-state index is 0.212. The number of hydrogen-bond acceptors (Lipinski definition) is 5. The molecule has 5 aromatic rings. The van der Waals surface area contributed by atoms with Crippen LogP contribution < -0.4 is 10.9 Å². The molecule has 8 heteroatoms. The van der Waals surface area contributed by atoms with Gasteiger partial charge in [-0.3, -0.25) is 9.59 Å². The Balaban J connectivity index is 1.47. The van der Waals surface area contributed by atoms with E-state index < -0.39 is 0 Å². The van der Waals surface area contributed by atoms with Gasteiger partial charge in [-0.15, -0.1) is 11.3 Å². The first-order chi connectivity index (χ1) is 17.4. The highest BCUT2D eigenvalue weighted by molar-refractivity contribution is 7.15. The van der Waals surface area contributed by atoms with Crippen molar-refractivity contribution in [3.05, 3.63) is 105 Å². The predicted octanol–water partition coefficient (Wildman–Crippen LogP) is 5.39. The molecular weight excluding hydrogens is 470 g/mol. The molecule has 0 saturated carbocycles. The van der Waals surface area contributed by atoms with Crippen LogP contribution in [-0.2, 0) is 11.3 Å². The molecule has 0 aliphatic rings. The number of nitrogens with one attached hydrogen (secondary N) is 1. The Kier molecular flexibility index (Phi) is 6.35. The molecule has 0 unspecified atom stereocenters. The number of benzene rings is 2. The van der Waals surface area contributed by atoms with Gasteiger partial charge in [0.15, 0.2) is 0 Å². The summed E-state index contributed by atoms with van der Waals surface area (Å²) in [6.45, 7) is 5.88. The fourth-order valence-electron chi connectivity index (χ4n) is 3.96. The quantitative estimate of drug-likeness (QED) is 0.343. The van der Waals surface area contributed by atoms with Gasteiger partial charge in [0.2, 0.25) is 5.91 Å². The Labute approximate surface area is 212 Å². The second-order valence-corrected chi connectivity index (χ2v) is 9.94. The zero-order chi connectivity index (χ0) is 25.2. The van der Waals surface area contributed by atoms with E-state index in [-0.39, 0.29) is 18.0 Å². The normalized spacial score (nSPS) is 11.0. The third kappa shape index (κ3) is 4.89. The molecule has 0 fully saturated rings. The van der Waals surface area contributed by atoms with E-state index in [2.05, 4.69) is 28.6 Å². The molecule has 0 spiro atoms. The minimum Gasteiger partial charge on any atom is -0.309 e. The van der Waals surface area contributed by atoms with Gasteiger partial charge in [0.05, 0.1) is 16.3 Å². The molecule has 1 amide bonds. The average molecular weight is 496 g/mol. The lowest BCUT2D eigenvalue weighted by atomic mass is 10.0. The van der Waals surface area contributed by atoms with Gasteiger partial charge in [-0.25, -0.2) is 9.36 Å². The van der Waals surface area contributed by atoms with Gasteiger partial charge < -0.3 is 5.32 Å². The van der Waals surface area contributed by atoms with Gasteiger partial charge in [-0.2, -0.15) is 10.2 Å². The summed E-state index contributed by atoms with van der Waals surface area (Å²) in [5, 5.41) is 12.2. The fourth-order valence-corrected chi connectivity index (χ4v) is 4.80. The maximum atomic E-state index is 13.1. The monoisotopic (exact) mass is 495 g/mol. The Morgan fingerprint density at radius 2 is 1.69 bits per heavy atom. The second-order valence-electron chi connectivity index (χ2n) is 8.65. The van der Waals surface area contributed by atoms with Crippen LogP contribution in [0.25, 0.3) is 27.5 Å². The average Bonchev–Trinajstić information content (AvgIpc) is 3.49. The Bertz CT molecular complexity index is 1610. The molecule has 0 atom stereocenters. The number of aromatic nitrogens is 4. The molecule has 0 saturated heterocycles. The van der Waals surface area contributed by atoms with E-state index in [1.54, 1.807) is 22.1 Å². The van der Waals surface area contributed by atoms with Gasteiger partial charge in [-0.05, 0) is 62.7 Å². The van der Waals surface area contributed by atoms with Crippen LogP contribution in [0.3, 0.4) is 0 Å². The first-order valence-electron chi connectivity index (χ1n) is 11.6. The van der Waals surface area contributed by atoms with Crippen LogP contribution in [0.2, 0.25) is 0 Å². The van der Waals surface area contributed by atoms with Gasteiger partial charge in [0.25, 0.3) is 5.56 Å². The first kappa shape index (κ1) is 23.4. The smallest absolute Gasteiger partial charge is 0.267 e. The summed E-state index contributed by atoms with van der Waals surface area (Å²) in [6.07, 6.45) is 0. The van der Waals surface area contributed by atoms with Crippen molar-refractivity contribution in [1.82, 2.24) is 19.6 Å². The lowest BCUT2D eigenvalue weighted by Crippen LogP contribution is -2.29. The maximum Gasteiger partial charge on any atom is 0.267 e. The first-order valence-corrected chi connectivity index (χ1v) is 12.4. The molecule has 180 valence electrons. The number of carbonyl (C=O) groups is 1. The Hall–Kier alpha value is -4.30. The van der Waals surface area contributed by atoms with Gasteiger partial charge >= 0.3 is 0 Å². The molecule has 5 rings (SSSR count). The lowest BCUT2D eigenvalue weighted by Gasteiger charge is -2.10. The highest BCUT2D eigenvalue weighted by Crippen LogP contribution is 2.28. The van der Waals surface area contributed by atoms with Crippen molar-refractivity contribution in [2.45, 2.75) is 27.3 Å². The third-order valence-corrected chi connectivity index (χ3v) is 6.82. The molecule has 3 aromatic heterocycles. The van der Waals surface area contributed by atoms with Crippen LogP contribution in [0.4, 0.5) is 5.82 Å². The molecule has 1 N–H and O–H groups in total. The van der Waals surface area contributed by atoms with Crippen molar-refractivity contribution < 1.29 is 4.79 Å². The number of nitrogens with zero attached hydrogens (tertiary/aromatic N) is 4.